The molecule has 1 aliphatic rings. The van der Waals surface area contributed by atoms with Crippen LogP contribution >= 0.6 is 0 Å². The molecule has 0 radical (unpaired) electrons. The first-order valence-electron chi connectivity index (χ1n) is 7.99. The third kappa shape index (κ3) is 3.14. The first-order chi connectivity index (χ1) is 9.56. The lowest BCUT2D eigenvalue weighted by molar-refractivity contribution is 0.107. The van der Waals surface area contributed by atoms with E-state index in [0.717, 1.165) is 31.4 Å². The Morgan fingerprint density at radius 3 is 2.20 bits per heavy atom. The molecule has 0 spiro atoms. The lowest BCUT2D eigenvalue weighted by Gasteiger charge is -2.45. The highest BCUT2D eigenvalue weighted by atomic mass is 16.3. The van der Waals surface area contributed by atoms with E-state index in [-0.39, 0.29) is 6.10 Å². The summed E-state index contributed by atoms with van der Waals surface area (Å²) in [6, 6.07) is 5.20. The summed E-state index contributed by atoms with van der Waals surface area (Å²) < 4.78 is 0. The van der Waals surface area contributed by atoms with E-state index < -0.39 is 0 Å². The maximum atomic E-state index is 10.1. The second kappa shape index (κ2) is 6.57. The second-order valence-electron chi connectivity index (χ2n) is 6.25. The van der Waals surface area contributed by atoms with Crippen LogP contribution in [0.2, 0.25) is 0 Å². The average Bonchev–Trinajstić information content (AvgIpc) is 2.46. The van der Waals surface area contributed by atoms with Crippen LogP contribution in [0.5, 0.6) is 0 Å². The fourth-order valence-electron chi connectivity index (χ4n) is 3.29. The van der Waals surface area contributed by atoms with E-state index in [0.29, 0.717) is 18.0 Å². The fraction of sp³-hybridized carbons (Fsp3) is 0.706. The van der Waals surface area contributed by atoms with Gasteiger partial charge in [-0.3, -0.25) is 4.98 Å². The van der Waals surface area contributed by atoms with Crippen LogP contribution in [0.4, 0.5) is 5.69 Å². The number of hydrogen-bond acceptors (Lipinski definition) is 3. The van der Waals surface area contributed by atoms with Crippen LogP contribution in [0.15, 0.2) is 18.3 Å². The minimum atomic E-state index is -0.149. The van der Waals surface area contributed by atoms with Gasteiger partial charge in [0, 0.05) is 17.8 Å². The summed E-state index contributed by atoms with van der Waals surface area (Å²) in [6.07, 6.45) is 5.75. The third-order valence-electron chi connectivity index (χ3n) is 4.48. The maximum Gasteiger partial charge on any atom is 0.0579 e. The normalized spacial score (nSPS) is 27.1. The number of anilines is 1. The molecular weight excluding hydrogens is 248 g/mol. The number of piperidine rings is 1. The molecule has 0 aliphatic carbocycles. The van der Waals surface area contributed by atoms with Crippen LogP contribution in [0.3, 0.4) is 0 Å². The van der Waals surface area contributed by atoms with Gasteiger partial charge in [-0.1, -0.05) is 27.7 Å². The molecule has 0 aromatic carbocycles. The zero-order valence-corrected chi connectivity index (χ0v) is 13.2. The maximum absolute atomic E-state index is 10.1. The van der Waals surface area contributed by atoms with Crippen LogP contribution in [0, 0.1) is 0 Å². The van der Waals surface area contributed by atoms with Gasteiger partial charge in [-0.15, -0.1) is 0 Å². The van der Waals surface area contributed by atoms with E-state index in [1.165, 1.54) is 5.69 Å². The molecule has 0 bridgehead atoms. The predicted molar refractivity (Wildman–Crippen MR) is 84.2 cm³/mol. The largest absolute Gasteiger partial charge is 0.393 e. The number of rotatable bonds is 4. The minimum absolute atomic E-state index is 0.149. The molecule has 1 aromatic heterocycles. The van der Waals surface area contributed by atoms with Gasteiger partial charge in [-0.2, -0.15) is 0 Å². The number of aromatic nitrogens is 1. The smallest absolute Gasteiger partial charge is 0.0579 e. The number of pyridine rings is 1. The van der Waals surface area contributed by atoms with Gasteiger partial charge in [-0.25, -0.2) is 0 Å². The Hall–Kier alpha value is -1.09. The zero-order valence-electron chi connectivity index (χ0n) is 13.2. The molecule has 20 heavy (non-hydrogen) atoms. The van der Waals surface area contributed by atoms with Crippen LogP contribution < -0.4 is 4.90 Å². The van der Waals surface area contributed by atoms with Crippen molar-refractivity contribution in [2.24, 2.45) is 0 Å². The average molecular weight is 276 g/mol. The monoisotopic (exact) mass is 276 g/mol. The molecule has 0 unspecified atom stereocenters. The molecule has 1 aliphatic heterocycles. The number of hydrogen-bond donors (Lipinski definition) is 1. The zero-order chi connectivity index (χ0) is 14.7. The number of aliphatic hydroxyl groups is 1. The molecule has 112 valence electrons. The number of nitrogens with zero attached hydrogens (tertiary/aromatic N) is 2. The molecule has 0 saturated carbocycles. The highest BCUT2D eigenvalue weighted by molar-refractivity contribution is 5.48. The topological polar surface area (TPSA) is 36.4 Å². The lowest BCUT2D eigenvalue weighted by Crippen LogP contribution is -2.50. The Bertz CT molecular complexity index is 402. The van der Waals surface area contributed by atoms with Crippen LogP contribution in [0.25, 0.3) is 0 Å². The summed E-state index contributed by atoms with van der Waals surface area (Å²) in [6.45, 7) is 8.75. The fourth-order valence-corrected chi connectivity index (χ4v) is 3.29. The van der Waals surface area contributed by atoms with Crippen molar-refractivity contribution >= 4 is 5.69 Å². The molecule has 1 aromatic rings. The van der Waals surface area contributed by atoms with Crippen molar-refractivity contribution < 1.29 is 5.11 Å². The second-order valence-corrected chi connectivity index (χ2v) is 6.25. The summed E-state index contributed by atoms with van der Waals surface area (Å²) in [4.78, 5) is 7.10. The summed E-state index contributed by atoms with van der Waals surface area (Å²) in [5, 5.41) is 10.1. The van der Waals surface area contributed by atoms with Crippen molar-refractivity contribution in [2.75, 3.05) is 4.90 Å². The quantitative estimate of drug-likeness (QED) is 0.910. The van der Waals surface area contributed by atoms with Crippen molar-refractivity contribution in [3.8, 4) is 0 Å². The van der Waals surface area contributed by atoms with Gasteiger partial charge in [0.2, 0.25) is 0 Å². The molecular formula is C17H28N2O. The molecule has 2 rings (SSSR count). The van der Waals surface area contributed by atoms with Crippen LogP contribution in [-0.4, -0.2) is 28.3 Å². The van der Waals surface area contributed by atoms with Gasteiger partial charge < -0.3 is 10.0 Å². The Balaban J connectivity index is 2.26. The predicted octanol–water partition coefficient (Wildman–Crippen LogP) is 3.72. The molecule has 1 N–H and O–H groups in total. The van der Waals surface area contributed by atoms with E-state index in [9.17, 15) is 5.11 Å². The van der Waals surface area contributed by atoms with Gasteiger partial charge in [0.25, 0.3) is 0 Å². The molecule has 3 atom stereocenters. The van der Waals surface area contributed by atoms with Crippen molar-refractivity contribution in [1.29, 1.82) is 0 Å². The van der Waals surface area contributed by atoms with Crippen molar-refractivity contribution in [3.05, 3.63) is 24.0 Å². The highest BCUT2D eigenvalue weighted by Crippen LogP contribution is 2.32. The Labute approximate surface area is 123 Å². The summed E-state index contributed by atoms with van der Waals surface area (Å²) in [5.41, 5.74) is 2.35. The van der Waals surface area contributed by atoms with E-state index >= 15 is 0 Å². The standard InChI is InChI=1S/C17H28N2O/c1-5-13-9-16(20)10-14(6-2)19(13)15-7-8-17(12(3)4)18-11-15/h7-8,11-14,16,20H,5-6,9-10H2,1-4H3/t13-,14+,16-. The number of aliphatic hydroxyl groups excluding tert-OH is 1. The first-order valence-corrected chi connectivity index (χ1v) is 7.99. The first kappa shape index (κ1) is 15.3. The van der Waals surface area contributed by atoms with Crippen molar-refractivity contribution in [2.45, 2.75) is 77.5 Å². The van der Waals surface area contributed by atoms with Crippen molar-refractivity contribution in [3.63, 3.8) is 0 Å². The molecule has 2 heterocycles. The summed E-state index contributed by atoms with van der Waals surface area (Å²) >= 11 is 0. The summed E-state index contributed by atoms with van der Waals surface area (Å²) in [5.74, 6) is 0.469. The van der Waals surface area contributed by atoms with Gasteiger partial charge in [0.1, 0.15) is 0 Å². The Morgan fingerprint density at radius 2 is 1.80 bits per heavy atom. The van der Waals surface area contributed by atoms with Crippen molar-refractivity contribution in [1.82, 2.24) is 4.98 Å². The van der Waals surface area contributed by atoms with Gasteiger partial charge in [0.05, 0.1) is 18.0 Å². The molecule has 1 saturated heterocycles. The van der Waals surface area contributed by atoms with E-state index in [1.54, 1.807) is 0 Å². The molecule has 1 fully saturated rings. The minimum Gasteiger partial charge on any atom is -0.393 e. The van der Waals surface area contributed by atoms with E-state index in [2.05, 4.69) is 49.7 Å². The van der Waals surface area contributed by atoms with E-state index in [4.69, 9.17) is 0 Å². The third-order valence-corrected chi connectivity index (χ3v) is 4.48. The van der Waals surface area contributed by atoms with Gasteiger partial charge in [-0.05, 0) is 43.7 Å². The van der Waals surface area contributed by atoms with Crippen LogP contribution in [0.1, 0.15) is 65.0 Å². The van der Waals surface area contributed by atoms with Crippen LogP contribution in [-0.2, 0) is 0 Å². The lowest BCUT2D eigenvalue weighted by atomic mass is 9.90. The molecule has 3 heteroatoms. The Kier molecular flexibility index (Phi) is 5.03. The molecule has 0 amide bonds. The van der Waals surface area contributed by atoms with Gasteiger partial charge in [0.15, 0.2) is 0 Å². The van der Waals surface area contributed by atoms with E-state index in [1.807, 2.05) is 6.20 Å². The highest BCUT2D eigenvalue weighted by Gasteiger charge is 2.33. The Morgan fingerprint density at radius 1 is 1.20 bits per heavy atom. The summed E-state index contributed by atoms with van der Waals surface area (Å²) in [7, 11) is 0. The SMILES string of the molecule is CC[C@@H]1C[C@@H](O)C[C@H](CC)N1c1ccc(C(C)C)nc1. The molecule has 3 nitrogen and oxygen atoms in total. The van der Waals surface area contributed by atoms with Gasteiger partial charge >= 0.3 is 0 Å².